The van der Waals surface area contributed by atoms with Crippen LogP contribution in [0.25, 0.3) is 21.5 Å². The first-order valence-electron chi connectivity index (χ1n) is 8.93. The van der Waals surface area contributed by atoms with Crippen LogP contribution in [0.5, 0.6) is 0 Å². The first kappa shape index (κ1) is 18.2. The Morgan fingerprint density at radius 1 is 0.846 bits per heavy atom. The molecule has 0 radical (unpaired) electrons. The number of carbonyl (C=O) groups is 1. The molecule has 3 rings (SSSR count). The van der Waals surface area contributed by atoms with Crippen LogP contribution in [0.3, 0.4) is 0 Å². The third-order valence-electron chi connectivity index (χ3n) is 4.32. The van der Waals surface area contributed by atoms with Crippen LogP contribution in [-0.2, 0) is 17.8 Å². The second-order valence-corrected chi connectivity index (χ2v) is 7.43. The van der Waals surface area contributed by atoms with Crippen molar-refractivity contribution in [2.75, 3.05) is 7.05 Å². The van der Waals surface area contributed by atoms with E-state index in [-0.39, 0.29) is 0 Å². The van der Waals surface area contributed by atoms with Crippen LogP contribution in [-0.4, -0.2) is 18.7 Å². The first-order chi connectivity index (χ1) is 12.4. The summed E-state index contributed by atoms with van der Waals surface area (Å²) in [5.74, 6) is 0. The van der Waals surface area contributed by atoms with E-state index in [4.69, 9.17) is 4.74 Å². The molecule has 0 fully saturated rings. The normalized spacial score (nSPS) is 11.7. The minimum absolute atomic E-state index is 0.398. The minimum atomic E-state index is -0.509. The molecule has 0 bridgehead atoms. The van der Waals surface area contributed by atoms with Crippen molar-refractivity contribution >= 4 is 27.6 Å². The quantitative estimate of drug-likeness (QED) is 0.668. The van der Waals surface area contributed by atoms with Gasteiger partial charge in [-0.05, 0) is 60.5 Å². The van der Waals surface area contributed by atoms with Gasteiger partial charge in [-0.2, -0.15) is 0 Å². The van der Waals surface area contributed by atoms with Gasteiger partial charge in [0.2, 0.25) is 0 Å². The Balaban J connectivity index is 2.09. The molecule has 0 atom stereocenters. The maximum Gasteiger partial charge on any atom is 0.407 e. The molecule has 26 heavy (non-hydrogen) atoms. The molecule has 0 heterocycles. The van der Waals surface area contributed by atoms with Gasteiger partial charge in [0.05, 0.1) is 0 Å². The number of alkyl carbamates (subject to hydrolysis) is 1. The van der Waals surface area contributed by atoms with Crippen LogP contribution in [0.4, 0.5) is 4.79 Å². The van der Waals surface area contributed by atoms with Gasteiger partial charge in [0, 0.05) is 13.1 Å². The molecule has 2 N–H and O–H groups in total. The maximum atomic E-state index is 12.1. The lowest BCUT2D eigenvalue weighted by Gasteiger charge is -2.21. The van der Waals surface area contributed by atoms with E-state index in [0.717, 1.165) is 22.9 Å². The maximum absolute atomic E-state index is 12.1. The lowest BCUT2D eigenvalue weighted by atomic mass is 9.91. The van der Waals surface area contributed by atoms with E-state index in [1.54, 1.807) is 0 Å². The molecule has 1 amide bonds. The number of amides is 1. The van der Waals surface area contributed by atoms with E-state index in [1.807, 2.05) is 40.0 Å². The molecule has 0 aliphatic heterocycles. The number of benzene rings is 3. The van der Waals surface area contributed by atoms with Crippen molar-refractivity contribution in [2.45, 2.75) is 39.5 Å². The van der Waals surface area contributed by atoms with Crippen LogP contribution >= 0.6 is 0 Å². The molecule has 4 nitrogen and oxygen atoms in total. The van der Waals surface area contributed by atoms with Gasteiger partial charge in [0.25, 0.3) is 0 Å². The summed E-state index contributed by atoms with van der Waals surface area (Å²) in [6, 6.07) is 16.7. The van der Waals surface area contributed by atoms with Gasteiger partial charge in [-0.3, -0.25) is 0 Å². The summed E-state index contributed by atoms with van der Waals surface area (Å²) in [4.78, 5) is 12.1. The molecule has 4 heteroatoms. The van der Waals surface area contributed by atoms with Crippen molar-refractivity contribution in [3.63, 3.8) is 0 Å². The van der Waals surface area contributed by atoms with E-state index >= 15 is 0 Å². The molecule has 136 valence electrons. The fourth-order valence-corrected chi connectivity index (χ4v) is 3.34. The summed E-state index contributed by atoms with van der Waals surface area (Å²) in [6.07, 6.45) is -0.398. The smallest absolute Gasteiger partial charge is 0.407 e. The lowest BCUT2D eigenvalue weighted by Crippen LogP contribution is -2.32. The fourth-order valence-electron chi connectivity index (χ4n) is 3.34. The van der Waals surface area contributed by atoms with Gasteiger partial charge in [0.15, 0.2) is 0 Å². The Bertz CT molecular complexity index is 885. The zero-order valence-electron chi connectivity index (χ0n) is 15.8. The number of hydrogen-bond acceptors (Lipinski definition) is 3. The number of fused-ring (bicyclic) bond motifs is 2. The Labute approximate surface area is 154 Å². The van der Waals surface area contributed by atoms with Gasteiger partial charge in [-0.25, -0.2) is 4.79 Å². The SMILES string of the molecule is CNCc1c2ccccc2c(CNC(=O)OC(C)(C)C)c2ccccc12. The largest absolute Gasteiger partial charge is 0.444 e. The highest BCUT2D eigenvalue weighted by atomic mass is 16.6. The highest BCUT2D eigenvalue weighted by Crippen LogP contribution is 2.33. The predicted molar refractivity (Wildman–Crippen MR) is 107 cm³/mol. The van der Waals surface area contributed by atoms with Gasteiger partial charge < -0.3 is 15.4 Å². The second kappa shape index (κ2) is 7.34. The molecule has 0 saturated carbocycles. The molecular weight excluding hydrogens is 324 g/mol. The number of rotatable bonds is 4. The topological polar surface area (TPSA) is 50.4 Å². The Morgan fingerprint density at radius 2 is 1.27 bits per heavy atom. The van der Waals surface area contributed by atoms with Crippen LogP contribution in [0, 0.1) is 0 Å². The average Bonchev–Trinajstić information content (AvgIpc) is 2.59. The molecular formula is C22H26N2O2. The number of nitrogens with one attached hydrogen (secondary N) is 2. The summed E-state index contributed by atoms with van der Waals surface area (Å²) in [6.45, 7) is 6.81. The van der Waals surface area contributed by atoms with Gasteiger partial charge in [0.1, 0.15) is 5.60 Å². The summed E-state index contributed by atoms with van der Waals surface area (Å²) in [7, 11) is 1.96. The number of ether oxygens (including phenoxy) is 1. The van der Waals surface area contributed by atoms with Crippen molar-refractivity contribution in [3.8, 4) is 0 Å². The molecule has 0 aliphatic carbocycles. The van der Waals surface area contributed by atoms with E-state index < -0.39 is 11.7 Å². The summed E-state index contributed by atoms with van der Waals surface area (Å²) in [5, 5.41) is 10.9. The predicted octanol–water partition coefficient (Wildman–Crippen LogP) is 4.74. The molecule has 0 saturated heterocycles. The van der Waals surface area contributed by atoms with E-state index in [2.05, 4.69) is 47.0 Å². The summed E-state index contributed by atoms with van der Waals surface area (Å²) in [5.41, 5.74) is 1.88. The fraction of sp³-hybridized carbons (Fsp3) is 0.318. The van der Waals surface area contributed by atoms with Crippen LogP contribution < -0.4 is 10.6 Å². The minimum Gasteiger partial charge on any atom is -0.444 e. The molecule has 0 aromatic heterocycles. The van der Waals surface area contributed by atoms with E-state index in [9.17, 15) is 4.79 Å². The van der Waals surface area contributed by atoms with Crippen molar-refractivity contribution in [3.05, 3.63) is 59.7 Å². The van der Waals surface area contributed by atoms with Crippen molar-refractivity contribution in [2.24, 2.45) is 0 Å². The highest BCUT2D eigenvalue weighted by Gasteiger charge is 2.17. The van der Waals surface area contributed by atoms with Crippen LogP contribution in [0.2, 0.25) is 0 Å². The molecule has 3 aromatic rings. The molecule has 3 aromatic carbocycles. The lowest BCUT2D eigenvalue weighted by molar-refractivity contribution is 0.0524. The van der Waals surface area contributed by atoms with Crippen molar-refractivity contribution in [1.29, 1.82) is 0 Å². The molecule has 0 spiro atoms. The molecule has 0 unspecified atom stereocenters. The van der Waals surface area contributed by atoms with E-state index in [0.29, 0.717) is 6.54 Å². The Kier molecular flexibility index (Phi) is 5.14. The zero-order chi connectivity index (χ0) is 18.7. The average molecular weight is 350 g/mol. The summed E-state index contributed by atoms with van der Waals surface area (Å²) < 4.78 is 5.39. The zero-order valence-corrected chi connectivity index (χ0v) is 15.8. The van der Waals surface area contributed by atoms with Gasteiger partial charge in [-0.15, -0.1) is 0 Å². The highest BCUT2D eigenvalue weighted by molar-refractivity contribution is 6.05. The third-order valence-corrected chi connectivity index (χ3v) is 4.32. The van der Waals surface area contributed by atoms with Crippen LogP contribution in [0.15, 0.2) is 48.5 Å². The second-order valence-electron chi connectivity index (χ2n) is 7.43. The Hall–Kier alpha value is -2.59. The monoisotopic (exact) mass is 350 g/mol. The van der Waals surface area contributed by atoms with Gasteiger partial charge >= 0.3 is 6.09 Å². The van der Waals surface area contributed by atoms with Crippen molar-refractivity contribution < 1.29 is 9.53 Å². The van der Waals surface area contributed by atoms with Crippen molar-refractivity contribution in [1.82, 2.24) is 10.6 Å². The number of carbonyl (C=O) groups excluding carboxylic acids is 1. The van der Waals surface area contributed by atoms with E-state index in [1.165, 1.54) is 16.3 Å². The van der Waals surface area contributed by atoms with Gasteiger partial charge in [-0.1, -0.05) is 48.5 Å². The standard InChI is InChI=1S/C22H26N2O2/c1-22(2,3)26-21(25)24-14-20-17-11-7-5-9-15(17)19(13-23-4)16-10-6-8-12-18(16)20/h5-12,23H,13-14H2,1-4H3,(H,24,25). The third kappa shape index (κ3) is 3.81. The Morgan fingerprint density at radius 3 is 1.65 bits per heavy atom. The summed E-state index contributed by atoms with van der Waals surface area (Å²) >= 11 is 0. The first-order valence-corrected chi connectivity index (χ1v) is 8.93. The number of hydrogen-bond donors (Lipinski definition) is 2. The molecule has 0 aliphatic rings. The van der Waals surface area contributed by atoms with Crippen LogP contribution in [0.1, 0.15) is 31.9 Å².